The van der Waals surface area contributed by atoms with Crippen LogP contribution in [-0.4, -0.2) is 33.5 Å². The second-order valence-electron chi connectivity index (χ2n) is 7.49. The Balaban J connectivity index is 1.31. The summed E-state index contributed by atoms with van der Waals surface area (Å²) in [4.78, 5) is 11.8. The summed E-state index contributed by atoms with van der Waals surface area (Å²) in [7, 11) is 1.54. The van der Waals surface area contributed by atoms with E-state index in [9.17, 15) is 13.2 Å². The molecule has 2 aromatic heterocycles. The minimum absolute atomic E-state index is 0.277. The van der Waals surface area contributed by atoms with Gasteiger partial charge in [-0.25, -0.2) is 4.98 Å². The molecule has 1 aliphatic rings. The van der Waals surface area contributed by atoms with Crippen molar-refractivity contribution in [3.05, 3.63) is 66.0 Å². The van der Waals surface area contributed by atoms with Crippen molar-refractivity contribution in [2.45, 2.75) is 28.9 Å². The number of nitrogens with one attached hydrogen (secondary N) is 1. The zero-order valence-corrected chi connectivity index (χ0v) is 19.6. The van der Waals surface area contributed by atoms with Crippen LogP contribution in [0.25, 0.3) is 11.0 Å². The largest absolute Gasteiger partial charge is 0.491 e. The summed E-state index contributed by atoms with van der Waals surface area (Å²) in [5, 5.41) is -3.34. The SMILES string of the molecule is COc1cnc(CSc2nc3cc4c(cc3[nH]2)OC(F)(F)C(F)(Cl)O4)cc1OCc1ccccc1. The average Bonchev–Trinajstić information content (AvgIpc) is 3.22. The number of nitrogens with zero attached hydrogens (tertiary/aromatic N) is 2. The Morgan fingerprint density at radius 3 is 2.60 bits per heavy atom. The van der Waals surface area contributed by atoms with Gasteiger partial charge in [-0.3, -0.25) is 4.98 Å². The van der Waals surface area contributed by atoms with Gasteiger partial charge in [0.05, 0.1) is 30.0 Å². The fourth-order valence-corrected chi connectivity index (χ4v) is 4.21. The molecule has 0 bridgehead atoms. The zero-order valence-electron chi connectivity index (χ0n) is 18.1. The van der Waals surface area contributed by atoms with Crippen LogP contribution in [0.5, 0.6) is 23.0 Å². The van der Waals surface area contributed by atoms with Gasteiger partial charge in [-0.05, 0) is 17.2 Å². The smallest absolute Gasteiger partial charge is 0.488 e. The zero-order chi connectivity index (χ0) is 24.6. The van der Waals surface area contributed by atoms with E-state index in [1.54, 1.807) is 12.3 Å². The maximum atomic E-state index is 13.9. The van der Waals surface area contributed by atoms with Crippen LogP contribution < -0.4 is 18.9 Å². The highest BCUT2D eigenvalue weighted by molar-refractivity contribution is 7.98. The summed E-state index contributed by atoms with van der Waals surface area (Å²) >= 11 is 6.46. The number of aromatic nitrogens is 3. The van der Waals surface area contributed by atoms with Crippen molar-refractivity contribution in [2.75, 3.05) is 7.11 Å². The Morgan fingerprint density at radius 2 is 1.83 bits per heavy atom. The molecule has 0 saturated carbocycles. The third kappa shape index (κ3) is 4.78. The highest BCUT2D eigenvalue weighted by Crippen LogP contribution is 2.49. The third-order valence-corrected chi connectivity index (χ3v) is 6.25. The Kier molecular flexibility index (Phi) is 6.06. The van der Waals surface area contributed by atoms with Gasteiger partial charge in [0, 0.05) is 24.0 Å². The lowest BCUT2D eigenvalue weighted by Gasteiger charge is -2.33. The summed E-state index contributed by atoms with van der Waals surface area (Å²) in [5.74, 6) is 0.842. The van der Waals surface area contributed by atoms with Gasteiger partial charge in [0.15, 0.2) is 28.2 Å². The number of imidazole rings is 1. The molecule has 0 aliphatic carbocycles. The van der Waals surface area contributed by atoms with E-state index in [1.165, 1.54) is 31.0 Å². The monoisotopic (exact) mass is 523 g/mol. The van der Waals surface area contributed by atoms with Gasteiger partial charge in [0.2, 0.25) is 0 Å². The number of halogens is 4. The van der Waals surface area contributed by atoms with Crippen molar-refractivity contribution < 1.29 is 32.1 Å². The molecule has 0 spiro atoms. The lowest BCUT2D eigenvalue weighted by Crippen LogP contribution is -2.51. The number of rotatable bonds is 7. The Labute approximate surface area is 206 Å². The van der Waals surface area contributed by atoms with Gasteiger partial charge in [0.1, 0.15) is 6.61 Å². The number of hydrogen-bond acceptors (Lipinski definition) is 7. The van der Waals surface area contributed by atoms with E-state index in [-0.39, 0.29) is 11.5 Å². The Morgan fingerprint density at radius 1 is 1.06 bits per heavy atom. The van der Waals surface area contributed by atoms with E-state index in [0.29, 0.717) is 45.7 Å². The summed E-state index contributed by atoms with van der Waals surface area (Å²) in [5.41, 5.74) is 2.48. The van der Waals surface area contributed by atoms with Crippen LogP contribution in [0.3, 0.4) is 0 Å². The van der Waals surface area contributed by atoms with Gasteiger partial charge >= 0.3 is 11.4 Å². The molecule has 0 saturated heterocycles. The number of pyridine rings is 1. The maximum Gasteiger partial charge on any atom is 0.488 e. The standard InChI is InChI=1S/C23H17ClF3N3O4S/c1-31-20-10-28-14(7-17(20)32-11-13-5-3-2-4-6-13)12-35-21-29-15-8-18-19(9-16(15)30-21)34-23(26,27)22(24,25)33-18/h2-10H,11-12H2,1H3,(H,29,30). The van der Waals surface area contributed by atoms with Crippen LogP contribution in [0.4, 0.5) is 13.2 Å². The van der Waals surface area contributed by atoms with E-state index in [0.717, 1.165) is 5.56 Å². The molecule has 1 atom stereocenters. The molecule has 7 nitrogen and oxygen atoms in total. The van der Waals surface area contributed by atoms with Gasteiger partial charge in [-0.2, -0.15) is 13.2 Å². The topological polar surface area (TPSA) is 78.5 Å². The highest BCUT2D eigenvalue weighted by atomic mass is 35.5. The number of alkyl halides is 4. The van der Waals surface area contributed by atoms with Crippen molar-refractivity contribution in [1.29, 1.82) is 0 Å². The Hall–Kier alpha value is -3.31. The fourth-order valence-electron chi connectivity index (χ4n) is 3.30. The predicted octanol–water partition coefficient (Wildman–Crippen LogP) is 6.06. The molecule has 1 aliphatic heterocycles. The first-order valence-electron chi connectivity index (χ1n) is 10.2. The molecule has 35 heavy (non-hydrogen) atoms. The van der Waals surface area contributed by atoms with Crippen molar-refractivity contribution >= 4 is 34.4 Å². The molecular weight excluding hydrogens is 507 g/mol. The number of aromatic amines is 1. The maximum absolute atomic E-state index is 13.9. The number of fused-ring (bicyclic) bond motifs is 2. The first kappa shape index (κ1) is 23.4. The first-order chi connectivity index (χ1) is 16.7. The van der Waals surface area contributed by atoms with E-state index in [2.05, 4.69) is 24.4 Å². The van der Waals surface area contributed by atoms with Gasteiger partial charge in [-0.1, -0.05) is 42.1 Å². The number of H-pyrrole nitrogens is 1. The minimum Gasteiger partial charge on any atom is -0.491 e. The molecule has 3 heterocycles. The van der Waals surface area contributed by atoms with Crippen LogP contribution >= 0.6 is 23.4 Å². The first-order valence-corrected chi connectivity index (χ1v) is 11.6. The number of thioether (sulfide) groups is 1. The average molecular weight is 524 g/mol. The van der Waals surface area contributed by atoms with E-state index < -0.39 is 11.4 Å². The van der Waals surface area contributed by atoms with Crippen LogP contribution in [0.15, 0.2) is 59.9 Å². The normalized spacial score (nSPS) is 18.4. The number of hydrogen-bond donors (Lipinski definition) is 1. The quantitative estimate of drug-likeness (QED) is 0.233. The van der Waals surface area contributed by atoms with Gasteiger partial charge in [-0.15, -0.1) is 0 Å². The van der Waals surface area contributed by atoms with E-state index >= 15 is 0 Å². The molecule has 1 N–H and O–H groups in total. The molecule has 4 aromatic rings. The second-order valence-corrected chi connectivity index (χ2v) is 8.94. The Bertz CT molecular complexity index is 1320. The van der Waals surface area contributed by atoms with Crippen LogP contribution in [0.2, 0.25) is 0 Å². The van der Waals surface area contributed by atoms with Crippen LogP contribution in [0, 0.1) is 0 Å². The van der Waals surface area contributed by atoms with Gasteiger partial charge < -0.3 is 23.9 Å². The minimum atomic E-state index is -4.35. The van der Waals surface area contributed by atoms with Crippen LogP contribution in [-0.2, 0) is 12.4 Å². The van der Waals surface area contributed by atoms with E-state index in [4.69, 9.17) is 21.1 Å². The molecule has 0 radical (unpaired) electrons. The summed E-state index contributed by atoms with van der Waals surface area (Å²) in [6, 6.07) is 14.0. The summed E-state index contributed by atoms with van der Waals surface area (Å²) < 4.78 is 61.6. The van der Waals surface area contributed by atoms with Gasteiger partial charge in [0.25, 0.3) is 0 Å². The highest BCUT2D eigenvalue weighted by Gasteiger charge is 2.63. The fraction of sp³-hybridized carbons (Fsp3) is 0.217. The lowest BCUT2D eigenvalue weighted by molar-refractivity contribution is -0.303. The molecule has 0 fully saturated rings. The number of ether oxygens (including phenoxy) is 4. The molecular formula is C23H17ClF3N3O4S. The lowest BCUT2D eigenvalue weighted by atomic mass is 10.2. The van der Waals surface area contributed by atoms with Crippen molar-refractivity contribution in [1.82, 2.24) is 15.0 Å². The van der Waals surface area contributed by atoms with E-state index in [1.807, 2.05) is 30.3 Å². The molecule has 12 heteroatoms. The number of benzene rings is 2. The van der Waals surface area contributed by atoms with Crippen LogP contribution in [0.1, 0.15) is 11.3 Å². The summed E-state index contributed by atoms with van der Waals surface area (Å²) in [6.07, 6.45) is -2.78. The van der Waals surface area contributed by atoms with Crippen molar-refractivity contribution in [2.24, 2.45) is 0 Å². The second kappa shape index (κ2) is 9.04. The molecule has 0 amide bonds. The predicted molar refractivity (Wildman–Crippen MR) is 123 cm³/mol. The summed E-state index contributed by atoms with van der Waals surface area (Å²) in [6.45, 7) is 0.369. The molecule has 182 valence electrons. The van der Waals surface area contributed by atoms with Crippen molar-refractivity contribution in [3.8, 4) is 23.0 Å². The molecule has 5 rings (SSSR count). The number of methoxy groups -OCH3 is 1. The third-order valence-electron chi connectivity index (χ3n) is 5.04. The molecule has 1 unspecified atom stereocenters. The molecule has 2 aromatic carbocycles. The van der Waals surface area contributed by atoms with Crippen molar-refractivity contribution in [3.63, 3.8) is 0 Å².